The normalized spacial score (nSPS) is 13.1. The van der Waals surface area contributed by atoms with Crippen LogP contribution in [0.5, 0.6) is 0 Å². The minimum atomic E-state index is -0.208. The van der Waals surface area contributed by atoms with Crippen LogP contribution < -0.4 is 10.9 Å². The van der Waals surface area contributed by atoms with Gasteiger partial charge in [0.1, 0.15) is 5.82 Å². The van der Waals surface area contributed by atoms with E-state index in [1.165, 1.54) is 5.56 Å². The fraction of sp³-hybridized carbons (Fsp3) is 0.261. The second-order valence-electron chi connectivity index (χ2n) is 7.43. The molecule has 1 aliphatic heterocycles. The van der Waals surface area contributed by atoms with Crippen LogP contribution in [0.3, 0.4) is 0 Å². The second kappa shape index (κ2) is 8.75. The highest BCUT2D eigenvalue weighted by atomic mass is 32.2. The van der Waals surface area contributed by atoms with Crippen molar-refractivity contribution < 1.29 is 4.79 Å². The number of hydrogen-bond donors (Lipinski definition) is 2. The molecule has 0 atom stereocenters. The first-order valence-corrected chi connectivity index (χ1v) is 11.1. The molecular weight excluding hydrogens is 396 g/mol. The smallest absolute Gasteiger partial charge is 0.320 e. The predicted molar refractivity (Wildman–Crippen MR) is 120 cm³/mol. The van der Waals surface area contributed by atoms with Crippen molar-refractivity contribution in [1.82, 2.24) is 14.9 Å². The largest absolute Gasteiger partial charge is 0.322 e. The number of nitrogens with zero attached hydrogens (tertiary/aromatic N) is 2. The molecule has 0 saturated heterocycles. The highest BCUT2D eigenvalue weighted by Gasteiger charge is 2.24. The van der Waals surface area contributed by atoms with Crippen molar-refractivity contribution in [2.45, 2.75) is 31.2 Å². The van der Waals surface area contributed by atoms with Gasteiger partial charge in [0.2, 0.25) is 0 Å². The van der Waals surface area contributed by atoms with Crippen LogP contribution in [0.2, 0.25) is 0 Å². The molecule has 2 heterocycles. The van der Waals surface area contributed by atoms with Gasteiger partial charge in [-0.25, -0.2) is 9.78 Å². The summed E-state index contributed by atoms with van der Waals surface area (Å²) in [5.41, 5.74) is 4.23. The lowest BCUT2D eigenvalue weighted by atomic mass is 10.1. The summed E-state index contributed by atoms with van der Waals surface area (Å²) in [5.74, 6) is 0.663. The Labute approximate surface area is 179 Å². The molecule has 0 fully saturated rings. The quantitative estimate of drug-likeness (QED) is 0.626. The molecule has 0 saturated carbocycles. The molecule has 1 aliphatic rings. The number of aromatic nitrogens is 2. The molecule has 3 aromatic rings. The van der Waals surface area contributed by atoms with Gasteiger partial charge in [0.15, 0.2) is 0 Å². The monoisotopic (exact) mass is 420 g/mol. The first-order chi connectivity index (χ1) is 14.5. The number of urea groups is 1. The summed E-state index contributed by atoms with van der Waals surface area (Å²) >= 11 is 1.65. The maximum Gasteiger partial charge on any atom is 0.322 e. The molecule has 6 nitrogen and oxygen atoms in total. The molecule has 0 radical (unpaired) electrons. The van der Waals surface area contributed by atoms with Crippen LogP contribution in [0, 0.1) is 6.92 Å². The third-order valence-corrected chi connectivity index (χ3v) is 5.94. The van der Waals surface area contributed by atoms with Gasteiger partial charge in [-0.1, -0.05) is 29.8 Å². The Hall–Kier alpha value is -3.06. The van der Waals surface area contributed by atoms with E-state index in [2.05, 4.69) is 21.4 Å². The molecule has 2 N–H and O–H groups in total. The first kappa shape index (κ1) is 20.2. The number of nitrogens with one attached hydrogen (secondary N) is 2. The van der Waals surface area contributed by atoms with E-state index in [4.69, 9.17) is 0 Å². The third-order valence-electron chi connectivity index (χ3n) is 5.20. The molecule has 4 rings (SSSR count). The number of fused-ring (bicyclic) bond motifs is 1. The van der Waals surface area contributed by atoms with Gasteiger partial charge >= 0.3 is 6.03 Å². The molecule has 2 aromatic carbocycles. The number of aryl methyl sites for hydroxylation is 1. The summed E-state index contributed by atoms with van der Waals surface area (Å²) in [6, 6.07) is 15.7. The molecule has 0 aliphatic carbocycles. The van der Waals surface area contributed by atoms with E-state index in [0.717, 1.165) is 21.8 Å². The van der Waals surface area contributed by atoms with Gasteiger partial charge in [-0.05, 0) is 43.0 Å². The number of thioether (sulfide) groups is 1. The van der Waals surface area contributed by atoms with Crippen molar-refractivity contribution >= 4 is 23.5 Å². The van der Waals surface area contributed by atoms with Crippen molar-refractivity contribution in [2.24, 2.45) is 0 Å². The Bertz CT molecular complexity index is 1120. The van der Waals surface area contributed by atoms with Crippen molar-refractivity contribution in [1.29, 1.82) is 0 Å². The highest BCUT2D eigenvalue weighted by Crippen LogP contribution is 2.19. The number of carbonyl (C=O) groups is 1. The number of amides is 2. The fourth-order valence-corrected chi connectivity index (χ4v) is 4.03. The van der Waals surface area contributed by atoms with E-state index in [1.807, 2.05) is 55.6 Å². The van der Waals surface area contributed by atoms with Crippen molar-refractivity contribution in [3.63, 3.8) is 0 Å². The van der Waals surface area contributed by atoms with E-state index >= 15 is 0 Å². The number of benzene rings is 2. The zero-order valence-corrected chi connectivity index (χ0v) is 17.9. The summed E-state index contributed by atoms with van der Waals surface area (Å²) < 4.78 is 0. The zero-order chi connectivity index (χ0) is 21.1. The molecule has 0 unspecified atom stereocenters. The average Bonchev–Trinajstić information content (AvgIpc) is 2.74. The maximum atomic E-state index is 12.7. The summed E-state index contributed by atoms with van der Waals surface area (Å²) in [4.78, 5) is 35.7. The predicted octanol–water partition coefficient (Wildman–Crippen LogP) is 3.98. The minimum Gasteiger partial charge on any atom is -0.320 e. The van der Waals surface area contributed by atoms with Crippen LogP contribution in [-0.4, -0.2) is 33.7 Å². The molecule has 30 heavy (non-hydrogen) atoms. The SMILES string of the molecule is CSc1ccc(NC(=O)N2CCc3nc(Cc4cccc(C)c4)[nH]c(=O)c3C2)cc1. The molecule has 0 bridgehead atoms. The van der Waals surface area contributed by atoms with Crippen molar-refractivity contribution in [2.75, 3.05) is 18.1 Å². The van der Waals surface area contributed by atoms with Crippen LogP contribution >= 0.6 is 11.8 Å². The third kappa shape index (κ3) is 4.57. The number of rotatable bonds is 4. The average molecular weight is 421 g/mol. The molecule has 0 spiro atoms. The molecule has 1 aromatic heterocycles. The van der Waals surface area contributed by atoms with E-state index in [9.17, 15) is 9.59 Å². The number of anilines is 1. The minimum absolute atomic E-state index is 0.163. The van der Waals surface area contributed by atoms with Crippen LogP contribution in [0.25, 0.3) is 0 Å². The van der Waals surface area contributed by atoms with E-state index in [1.54, 1.807) is 16.7 Å². The molecule has 7 heteroatoms. The van der Waals surface area contributed by atoms with Crippen molar-refractivity contribution in [3.8, 4) is 0 Å². The lowest BCUT2D eigenvalue weighted by Crippen LogP contribution is -2.42. The number of hydrogen-bond acceptors (Lipinski definition) is 4. The molecule has 154 valence electrons. The zero-order valence-electron chi connectivity index (χ0n) is 17.1. The Morgan fingerprint density at radius 3 is 2.77 bits per heavy atom. The standard InChI is InChI=1S/C23H24N4O2S/c1-15-4-3-5-16(12-15)13-21-25-20-10-11-27(14-19(20)22(28)26-21)23(29)24-17-6-8-18(30-2)9-7-17/h3-9,12H,10-11,13-14H2,1-2H3,(H,24,29)(H,25,26,28). The Morgan fingerprint density at radius 1 is 1.23 bits per heavy atom. The maximum absolute atomic E-state index is 12.7. The molecule has 2 amide bonds. The summed E-state index contributed by atoms with van der Waals surface area (Å²) in [6.45, 7) is 2.84. The number of aromatic amines is 1. The van der Waals surface area contributed by atoms with Crippen LogP contribution in [-0.2, 0) is 19.4 Å². The van der Waals surface area contributed by atoms with E-state index < -0.39 is 0 Å². The van der Waals surface area contributed by atoms with Crippen LogP contribution in [0.4, 0.5) is 10.5 Å². The van der Waals surface area contributed by atoms with Gasteiger partial charge in [0.25, 0.3) is 5.56 Å². The van der Waals surface area contributed by atoms with Gasteiger partial charge in [-0.2, -0.15) is 0 Å². The van der Waals surface area contributed by atoms with Crippen LogP contribution in [0.1, 0.15) is 28.2 Å². The van der Waals surface area contributed by atoms with Gasteiger partial charge in [0, 0.05) is 30.0 Å². The van der Waals surface area contributed by atoms with Gasteiger partial charge in [0.05, 0.1) is 17.8 Å². The second-order valence-corrected chi connectivity index (χ2v) is 8.31. The summed E-state index contributed by atoms with van der Waals surface area (Å²) in [6.07, 6.45) is 3.16. The summed E-state index contributed by atoms with van der Waals surface area (Å²) in [7, 11) is 0. The van der Waals surface area contributed by atoms with Gasteiger partial charge in [-0.3, -0.25) is 4.79 Å². The van der Waals surface area contributed by atoms with Gasteiger partial charge < -0.3 is 15.2 Å². The Kier molecular flexibility index (Phi) is 5.90. The lowest BCUT2D eigenvalue weighted by Gasteiger charge is -2.28. The Morgan fingerprint density at radius 2 is 2.03 bits per heavy atom. The van der Waals surface area contributed by atoms with E-state index in [-0.39, 0.29) is 18.1 Å². The fourth-order valence-electron chi connectivity index (χ4n) is 3.63. The van der Waals surface area contributed by atoms with Gasteiger partial charge in [-0.15, -0.1) is 11.8 Å². The molecular formula is C23H24N4O2S. The van der Waals surface area contributed by atoms with Crippen LogP contribution in [0.15, 0.2) is 58.2 Å². The van der Waals surface area contributed by atoms with E-state index in [0.29, 0.717) is 30.8 Å². The topological polar surface area (TPSA) is 78.1 Å². The Balaban J connectivity index is 1.46. The highest BCUT2D eigenvalue weighted by molar-refractivity contribution is 7.98. The number of H-pyrrole nitrogens is 1. The van der Waals surface area contributed by atoms with Crippen molar-refractivity contribution in [3.05, 3.63) is 87.1 Å². The lowest BCUT2D eigenvalue weighted by molar-refractivity contribution is 0.205. The first-order valence-electron chi connectivity index (χ1n) is 9.88. The number of carbonyl (C=O) groups excluding carboxylic acids is 1. The summed E-state index contributed by atoms with van der Waals surface area (Å²) in [5, 5.41) is 2.91.